The largest absolute Gasteiger partial charge is 0.381 e. The zero-order valence-corrected chi connectivity index (χ0v) is 14.1. The Morgan fingerprint density at radius 2 is 2.25 bits per heavy atom. The van der Waals surface area contributed by atoms with Crippen LogP contribution in [0.25, 0.3) is 0 Å². The normalized spacial score (nSPS) is 45.0. The fourth-order valence-corrected chi connectivity index (χ4v) is 6.65. The number of anilines is 1. The Kier molecular flexibility index (Phi) is 2.68. The SMILES string of the molecule is CO[C@@H]1OCC=C2CN3CC[C@]45c6ccccc6N[C@H]4[C@@H]1[C@H]2C[C@@H]35. The number of piperidine rings is 1. The van der Waals surface area contributed by atoms with E-state index in [9.17, 15) is 0 Å². The molecule has 0 amide bonds. The Labute approximate surface area is 142 Å². The number of benzene rings is 1. The predicted octanol–water partition coefficient (Wildman–Crippen LogP) is 2.37. The van der Waals surface area contributed by atoms with Gasteiger partial charge in [0.05, 0.1) is 6.61 Å². The van der Waals surface area contributed by atoms with Crippen LogP contribution in [0.2, 0.25) is 0 Å². The maximum absolute atomic E-state index is 6.13. The van der Waals surface area contributed by atoms with Gasteiger partial charge in [-0.05, 0) is 36.9 Å². The molecule has 1 spiro atoms. The Balaban J connectivity index is 1.58. The van der Waals surface area contributed by atoms with Gasteiger partial charge in [-0.25, -0.2) is 0 Å². The smallest absolute Gasteiger partial charge is 0.162 e. The molecule has 126 valence electrons. The van der Waals surface area contributed by atoms with Gasteiger partial charge in [-0.1, -0.05) is 29.8 Å². The van der Waals surface area contributed by atoms with Crippen LogP contribution in [0.3, 0.4) is 0 Å². The Morgan fingerprint density at radius 3 is 3.17 bits per heavy atom. The van der Waals surface area contributed by atoms with Crippen molar-refractivity contribution >= 4 is 5.69 Å². The molecule has 1 aliphatic carbocycles. The van der Waals surface area contributed by atoms with Gasteiger partial charge >= 0.3 is 0 Å². The van der Waals surface area contributed by atoms with Crippen LogP contribution in [0.15, 0.2) is 35.9 Å². The van der Waals surface area contributed by atoms with Crippen LogP contribution >= 0.6 is 0 Å². The maximum Gasteiger partial charge on any atom is 0.162 e. The minimum Gasteiger partial charge on any atom is -0.381 e. The van der Waals surface area contributed by atoms with Crippen LogP contribution in [0.1, 0.15) is 18.4 Å². The number of fused-ring (bicyclic) bond motifs is 2. The zero-order chi connectivity index (χ0) is 15.9. The standard InChI is InChI=1S/C20H24N2O2/c1-23-19-17-13-10-16-20(7-8-22(16)11-12(13)6-9-24-19)14-4-2-3-5-15(14)21-18(17)20/h2-6,13,16-19,21H,7-11H2,1H3/t13-,16+,17-,18-,19+,20+/m0/s1. The van der Waals surface area contributed by atoms with Crippen LogP contribution < -0.4 is 5.32 Å². The van der Waals surface area contributed by atoms with Crippen LogP contribution in [0.5, 0.6) is 0 Å². The van der Waals surface area contributed by atoms with E-state index in [-0.39, 0.29) is 11.7 Å². The fraction of sp³-hybridized carbons (Fsp3) is 0.600. The summed E-state index contributed by atoms with van der Waals surface area (Å²) in [6.45, 7) is 3.03. The number of para-hydroxylation sites is 1. The lowest BCUT2D eigenvalue weighted by Crippen LogP contribution is -2.64. The quantitative estimate of drug-likeness (QED) is 0.804. The molecule has 1 N–H and O–H groups in total. The van der Waals surface area contributed by atoms with Gasteiger partial charge in [0.15, 0.2) is 6.29 Å². The monoisotopic (exact) mass is 324 g/mol. The van der Waals surface area contributed by atoms with Crippen molar-refractivity contribution < 1.29 is 9.47 Å². The number of hydrogen-bond donors (Lipinski definition) is 1. The van der Waals surface area contributed by atoms with Gasteiger partial charge in [0.2, 0.25) is 0 Å². The molecule has 0 aromatic heterocycles. The minimum absolute atomic E-state index is 0.111. The molecule has 3 fully saturated rings. The summed E-state index contributed by atoms with van der Waals surface area (Å²) >= 11 is 0. The lowest BCUT2D eigenvalue weighted by molar-refractivity contribution is -0.171. The number of nitrogens with one attached hydrogen (secondary N) is 1. The van der Waals surface area contributed by atoms with Gasteiger partial charge in [0.25, 0.3) is 0 Å². The molecule has 1 aromatic rings. The molecular formula is C20H24N2O2. The summed E-state index contributed by atoms with van der Waals surface area (Å²) in [5, 5.41) is 3.92. The molecule has 24 heavy (non-hydrogen) atoms. The van der Waals surface area contributed by atoms with Gasteiger partial charge in [-0.3, -0.25) is 4.90 Å². The second-order valence-corrected chi connectivity index (χ2v) is 8.08. The maximum atomic E-state index is 6.13. The first-order chi connectivity index (χ1) is 11.8. The average molecular weight is 324 g/mol. The van der Waals surface area contributed by atoms with Gasteiger partial charge in [-0.15, -0.1) is 0 Å². The molecule has 4 nitrogen and oxygen atoms in total. The van der Waals surface area contributed by atoms with E-state index in [1.54, 1.807) is 12.7 Å². The summed E-state index contributed by atoms with van der Waals surface area (Å²) in [5.41, 5.74) is 4.69. The highest BCUT2D eigenvalue weighted by Gasteiger charge is 2.66. The molecular weight excluding hydrogens is 300 g/mol. The van der Waals surface area contributed by atoms with Crippen LogP contribution in [-0.2, 0) is 14.9 Å². The van der Waals surface area contributed by atoms with Gasteiger partial charge in [-0.2, -0.15) is 0 Å². The van der Waals surface area contributed by atoms with Crippen molar-refractivity contribution in [3.8, 4) is 0 Å². The first-order valence-corrected chi connectivity index (χ1v) is 9.26. The van der Waals surface area contributed by atoms with Crippen molar-refractivity contribution in [3.05, 3.63) is 41.5 Å². The average Bonchev–Trinajstić information content (AvgIpc) is 3.09. The third-order valence-electron chi connectivity index (χ3n) is 7.48. The van der Waals surface area contributed by atoms with E-state index < -0.39 is 0 Å². The second-order valence-electron chi connectivity index (χ2n) is 8.08. The summed E-state index contributed by atoms with van der Waals surface area (Å²) in [4.78, 5) is 2.74. The predicted molar refractivity (Wildman–Crippen MR) is 91.9 cm³/mol. The van der Waals surface area contributed by atoms with E-state index in [1.807, 2.05) is 0 Å². The lowest BCUT2D eigenvalue weighted by atomic mass is 9.55. The highest BCUT2D eigenvalue weighted by atomic mass is 16.7. The summed E-state index contributed by atoms with van der Waals surface area (Å²) in [6, 6.07) is 10.0. The summed E-state index contributed by atoms with van der Waals surface area (Å²) in [6.07, 6.45) is 4.73. The molecule has 2 bridgehead atoms. The molecule has 2 saturated heterocycles. The molecule has 6 atom stereocenters. The Hall–Kier alpha value is -1.36. The van der Waals surface area contributed by atoms with Crippen molar-refractivity contribution in [3.63, 3.8) is 0 Å². The molecule has 4 heterocycles. The van der Waals surface area contributed by atoms with Crippen LogP contribution in [0, 0.1) is 11.8 Å². The number of rotatable bonds is 1. The molecule has 0 unspecified atom stereocenters. The summed E-state index contributed by atoms with van der Waals surface area (Å²) in [7, 11) is 1.81. The van der Waals surface area contributed by atoms with E-state index in [4.69, 9.17) is 9.47 Å². The summed E-state index contributed by atoms with van der Waals surface area (Å²) < 4.78 is 12.0. The fourth-order valence-electron chi connectivity index (χ4n) is 6.65. The van der Waals surface area contributed by atoms with Gasteiger partial charge in [0.1, 0.15) is 0 Å². The lowest BCUT2D eigenvalue weighted by Gasteiger charge is -2.55. The van der Waals surface area contributed by atoms with Crippen LogP contribution in [0.4, 0.5) is 5.69 Å². The van der Waals surface area contributed by atoms with Crippen molar-refractivity contribution in [2.45, 2.75) is 36.6 Å². The van der Waals surface area contributed by atoms with E-state index in [2.05, 4.69) is 40.6 Å². The molecule has 4 aliphatic heterocycles. The first-order valence-electron chi connectivity index (χ1n) is 9.26. The number of ether oxygens (including phenoxy) is 2. The third kappa shape index (κ3) is 1.47. The number of methoxy groups -OCH3 is 1. The molecule has 4 heteroatoms. The topological polar surface area (TPSA) is 33.7 Å². The Morgan fingerprint density at radius 1 is 1.33 bits per heavy atom. The third-order valence-corrected chi connectivity index (χ3v) is 7.48. The molecule has 0 radical (unpaired) electrons. The first kappa shape index (κ1) is 13.9. The van der Waals surface area contributed by atoms with Crippen LogP contribution in [-0.4, -0.2) is 50.1 Å². The van der Waals surface area contributed by atoms with E-state index >= 15 is 0 Å². The highest BCUT2D eigenvalue weighted by Crippen LogP contribution is 2.62. The van der Waals surface area contributed by atoms with E-state index in [1.165, 1.54) is 30.6 Å². The molecule has 1 saturated carbocycles. The van der Waals surface area contributed by atoms with Gasteiger partial charge < -0.3 is 14.8 Å². The number of hydrogen-bond acceptors (Lipinski definition) is 4. The molecule has 5 aliphatic rings. The van der Waals surface area contributed by atoms with Crippen molar-refractivity contribution in [2.75, 3.05) is 32.1 Å². The minimum atomic E-state index is -0.111. The van der Waals surface area contributed by atoms with Crippen molar-refractivity contribution in [1.29, 1.82) is 0 Å². The van der Waals surface area contributed by atoms with Crippen molar-refractivity contribution in [1.82, 2.24) is 4.90 Å². The highest BCUT2D eigenvalue weighted by molar-refractivity contribution is 5.65. The van der Waals surface area contributed by atoms with E-state index in [0.29, 0.717) is 30.5 Å². The van der Waals surface area contributed by atoms with E-state index in [0.717, 1.165) is 6.54 Å². The zero-order valence-electron chi connectivity index (χ0n) is 14.1. The summed E-state index contributed by atoms with van der Waals surface area (Å²) in [5.74, 6) is 0.990. The molecule has 1 aromatic carbocycles. The molecule has 6 rings (SSSR count). The second kappa shape index (κ2) is 4.63. The van der Waals surface area contributed by atoms with Gasteiger partial charge in [0, 0.05) is 42.8 Å². The Bertz CT molecular complexity index is 732. The number of nitrogens with zero attached hydrogens (tertiary/aromatic N) is 1. The van der Waals surface area contributed by atoms with Crippen molar-refractivity contribution in [2.24, 2.45) is 11.8 Å².